The highest BCUT2D eigenvalue weighted by atomic mass is 16.2. The Labute approximate surface area is 126 Å². The minimum Gasteiger partial charge on any atom is -0.356 e. The zero-order valence-corrected chi connectivity index (χ0v) is 12.7. The Morgan fingerprint density at radius 1 is 1.00 bits per heavy atom. The third-order valence-corrected chi connectivity index (χ3v) is 5.47. The van der Waals surface area contributed by atoms with Gasteiger partial charge < -0.3 is 16.4 Å². The minimum atomic E-state index is -0.189. The van der Waals surface area contributed by atoms with Gasteiger partial charge in [-0.1, -0.05) is 0 Å². The van der Waals surface area contributed by atoms with E-state index in [0.717, 1.165) is 43.4 Å². The van der Waals surface area contributed by atoms with Gasteiger partial charge in [0.25, 0.3) is 0 Å². The average molecular weight is 293 g/mol. The van der Waals surface area contributed by atoms with E-state index in [1.165, 1.54) is 19.3 Å². The van der Waals surface area contributed by atoms with E-state index in [1.807, 2.05) is 0 Å². The molecule has 0 radical (unpaired) electrons. The lowest BCUT2D eigenvalue weighted by atomic mass is 9.53. The second-order valence-electron chi connectivity index (χ2n) is 7.42. The summed E-state index contributed by atoms with van der Waals surface area (Å²) in [6.07, 6.45) is 8.14. The molecule has 0 saturated heterocycles. The summed E-state index contributed by atoms with van der Waals surface area (Å²) in [6.45, 7) is 1.11. The molecule has 21 heavy (non-hydrogen) atoms. The fourth-order valence-electron chi connectivity index (χ4n) is 5.14. The highest BCUT2D eigenvalue weighted by Gasteiger charge is 2.51. The first-order valence-corrected chi connectivity index (χ1v) is 8.36. The maximum atomic E-state index is 12.2. The third-order valence-electron chi connectivity index (χ3n) is 5.47. The second kappa shape index (κ2) is 5.95. The van der Waals surface area contributed by atoms with Gasteiger partial charge in [0, 0.05) is 12.1 Å². The van der Waals surface area contributed by atoms with Crippen molar-refractivity contribution >= 4 is 11.8 Å². The van der Waals surface area contributed by atoms with Crippen LogP contribution in [0.1, 0.15) is 51.4 Å². The third kappa shape index (κ3) is 3.39. The molecule has 4 saturated carbocycles. The lowest BCUT2D eigenvalue weighted by Crippen LogP contribution is -2.60. The van der Waals surface area contributed by atoms with Crippen LogP contribution in [0.5, 0.6) is 0 Å². The number of carbonyl (C=O) groups excluding carboxylic acids is 2. The van der Waals surface area contributed by atoms with Crippen LogP contribution >= 0.6 is 0 Å². The Morgan fingerprint density at radius 3 is 2.10 bits per heavy atom. The molecule has 5 heteroatoms. The van der Waals surface area contributed by atoms with E-state index in [-0.39, 0.29) is 23.8 Å². The van der Waals surface area contributed by atoms with Crippen LogP contribution < -0.4 is 16.4 Å². The lowest BCUT2D eigenvalue weighted by Gasteiger charge is -2.56. The maximum absolute atomic E-state index is 12.2. The Kier molecular flexibility index (Phi) is 4.20. The van der Waals surface area contributed by atoms with Crippen molar-refractivity contribution in [2.24, 2.45) is 23.5 Å². The number of hydrogen-bond donors (Lipinski definition) is 3. The molecule has 118 valence electrons. The van der Waals surface area contributed by atoms with Gasteiger partial charge in [-0.3, -0.25) is 9.59 Å². The molecule has 4 fully saturated rings. The van der Waals surface area contributed by atoms with Gasteiger partial charge >= 0.3 is 0 Å². The smallest absolute Gasteiger partial charge is 0.229 e. The van der Waals surface area contributed by atoms with Gasteiger partial charge in [0.2, 0.25) is 11.8 Å². The van der Waals surface area contributed by atoms with Gasteiger partial charge in [0.15, 0.2) is 0 Å². The summed E-state index contributed by atoms with van der Waals surface area (Å²) in [5, 5.41) is 5.96. The van der Waals surface area contributed by atoms with E-state index in [0.29, 0.717) is 13.1 Å². The molecule has 0 spiro atoms. The fraction of sp³-hybridized carbons (Fsp3) is 0.875. The topological polar surface area (TPSA) is 84.2 Å². The van der Waals surface area contributed by atoms with Crippen LogP contribution in [0.25, 0.3) is 0 Å². The molecule has 4 N–H and O–H groups in total. The van der Waals surface area contributed by atoms with Gasteiger partial charge in [-0.25, -0.2) is 0 Å². The summed E-state index contributed by atoms with van der Waals surface area (Å²) in [5.41, 5.74) is 5.38. The molecule has 0 aromatic rings. The molecular formula is C16H27N3O2. The standard InChI is InChI=1S/C16H27N3O2/c17-2-1-3-18-14(20)7-15(21)19-16-8-11-4-12(9-16)6-13(5-11)10-16/h11-13H,1-10,17H2,(H,18,20)(H,19,21). The molecule has 5 nitrogen and oxygen atoms in total. The monoisotopic (exact) mass is 293 g/mol. The molecule has 4 aliphatic rings. The number of nitrogens with one attached hydrogen (secondary N) is 2. The quantitative estimate of drug-likeness (QED) is 0.503. The Balaban J connectivity index is 1.49. The van der Waals surface area contributed by atoms with Crippen molar-refractivity contribution in [1.29, 1.82) is 0 Å². The fourth-order valence-corrected chi connectivity index (χ4v) is 5.14. The van der Waals surface area contributed by atoms with Crippen LogP contribution in [0.4, 0.5) is 0 Å². The van der Waals surface area contributed by atoms with Gasteiger partial charge in [-0.15, -0.1) is 0 Å². The van der Waals surface area contributed by atoms with E-state index < -0.39 is 0 Å². The molecule has 2 amide bonds. The minimum absolute atomic E-state index is 0.00335. The first kappa shape index (κ1) is 14.8. The number of carbonyl (C=O) groups is 2. The lowest BCUT2D eigenvalue weighted by molar-refractivity contribution is -0.132. The number of hydrogen-bond acceptors (Lipinski definition) is 3. The largest absolute Gasteiger partial charge is 0.356 e. The van der Waals surface area contributed by atoms with Gasteiger partial charge in [-0.2, -0.15) is 0 Å². The second-order valence-corrected chi connectivity index (χ2v) is 7.42. The Morgan fingerprint density at radius 2 is 1.57 bits per heavy atom. The van der Waals surface area contributed by atoms with Crippen LogP contribution in [0.2, 0.25) is 0 Å². The number of rotatable bonds is 6. The van der Waals surface area contributed by atoms with Crippen LogP contribution in [-0.2, 0) is 9.59 Å². The zero-order chi connectivity index (χ0) is 14.9. The molecule has 4 rings (SSSR count). The average Bonchev–Trinajstić information content (AvgIpc) is 2.36. The predicted octanol–water partition coefficient (Wildman–Crippen LogP) is 0.926. The predicted molar refractivity (Wildman–Crippen MR) is 80.3 cm³/mol. The van der Waals surface area contributed by atoms with Gasteiger partial charge in [0.1, 0.15) is 6.42 Å². The molecule has 0 atom stereocenters. The SMILES string of the molecule is NCCCNC(=O)CC(=O)NC12CC3CC(CC(C3)C1)C2. The van der Waals surface area contributed by atoms with Crippen molar-refractivity contribution in [3.63, 3.8) is 0 Å². The summed E-state index contributed by atoms with van der Waals surface area (Å²) >= 11 is 0. The maximum Gasteiger partial charge on any atom is 0.229 e. The van der Waals surface area contributed by atoms with Crippen molar-refractivity contribution in [3.8, 4) is 0 Å². The normalized spacial score (nSPS) is 36.5. The summed E-state index contributed by atoms with van der Waals surface area (Å²) in [5.74, 6) is 2.10. The van der Waals surface area contributed by atoms with Gasteiger partial charge in [-0.05, 0) is 69.2 Å². The highest BCUT2D eigenvalue weighted by molar-refractivity contribution is 5.97. The van der Waals surface area contributed by atoms with Crippen LogP contribution in [0.3, 0.4) is 0 Å². The summed E-state index contributed by atoms with van der Waals surface area (Å²) in [6, 6.07) is 0. The summed E-state index contributed by atoms with van der Waals surface area (Å²) in [7, 11) is 0. The summed E-state index contributed by atoms with van der Waals surface area (Å²) in [4.78, 5) is 23.9. The van der Waals surface area contributed by atoms with E-state index in [9.17, 15) is 9.59 Å². The molecular weight excluding hydrogens is 266 g/mol. The van der Waals surface area contributed by atoms with Crippen molar-refractivity contribution in [3.05, 3.63) is 0 Å². The zero-order valence-electron chi connectivity index (χ0n) is 12.7. The van der Waals surface area contributed by atoms with E-state index in [2.05, 4.69) is 10.6 Å². The van der Waals surface area contributed by atoms with Crippen molar-refractivity contribution in [2.75, 3.05) is 13.1 Å². The van der Waals surface area contributed by atoms with E-state index in [4.69, 9.17) is 5.73 Å². The highest BCUT2D eigenvalue weighted by Crippen LogP contribution is 2.55. The van der Waals surface area contributed by atoms with Crippen molar-refractivity contribution < 1.29 is 9.59 Å². The molecule has 0 heterocycles. The molecule has 4 aliphatic carbocycles. The van der Waals surface area contributed by atoms with E-state index in [1.54, 1.807) is 0 Å². The molecule has 0 unspecified atom stereocenters. The van der Waals surface area contributed by atoms with Gasteiger partial charge in [0.05, 0.1) is 0 Å². The van der Waals surface area contributed by atoms with Crippen LogP contribution in [0, 0.1) is 17.8 Å². The molecule has 0 aromatic heterocycles. The molecule has 4 bridgehead atoms. The van der Waals surface area contributed by atoms with Crippen molar-refractivity contribution in [1.82, 2.24) is 10.6 Å². The Bertz CT molecular complexity index is 386. The van der Waals surface area contributed by atoms with E-state index >= 15 is 0 Å². The first-order valence-electron chi connectivity index (χ1n) is 8.36. The number of nitrogens with two attached hydrogens (primary N) is 1. The first-order chi connectivity index (χ1) is 10.1. The molecule has 0 aliphatic heterocycles. The Hall–Kier alpha value is -1.10. The van der Waals surface area contributed by atoms with Crippen LogP contribution in [-0.4, -0.2) is 30.4 Å². The number of amides is 2. The van der Waals surface area contributed by atoms with Crippen molar-refractivity contribution in [2.45, 2.75) is 56.9 Å². The summed E-state index contributed by atoms with van der Waals surface area (Å²) < 4.78 is 0. The molecule has 0 aromatic carbocycles. The van der Waals surface area contributed by atoms with Crippen LogP contribution in [0.15, 0.2) is 0 Å².